The first-order valence-electron chi connectivity index (χ1n) is 6.05. The highest BCUT2D eigenvalue weighted by atomic mass is 35.5. The lowest BCUT2D eigenvalue weighted by molar-refractivity contribution is -0.146. The normalized spacial score (nSPS) is 25.1. The largest absolute Gasteiger partial charge is 0.478 e. The first-order valence-corrected chi connectivity index (χ1v) is 6.43. The number of hydrogen-bond acceptors (Lipinski definition) is 4. The molecule has 2 amide bonds. The average molecular weight is 296 g/mol. The van der Waals surface area contributed by atoms with Crippen molar-refractivity contribution in [1.82, 2.24) is 0 Å². The molecule has 1 N–H and O–H groups in total. The zero-order chi connectivity index (χ0) is 14.4. The van der Waals surface area contributed by atoms with Gasteiger partial charge in [-0.2, -0.15) is 0 Å². The highest BCUT2D eigenvalue weighted by molar-refractivity contribution is 6.31. The van der Waals surface area contributed by atoms with Crippen LogP contribution in [0.4, 0.5) is 5.69 Å². The lowest BCUT2D eigenvalue weighted by Crippen LogP contribution is -2.52. The van der Waals surface area contributed by atoms with E-state index in [1.807, 2.05) is 0 Å². The smallest absolute Gasteiger partial charge is 0.337 e. The van der Waals surface area contributed by atoms with Crippen LogP contribution in [0.1, 0.15) is 23.2 Å². The van der Waals surface area contributed by atoms with E-state index < -0.39 is 30.0 Å². The van der Waals surface area contributed by atoms with Gasteiger partial charge in [0.25, 0.3) is 11.8 Å². The minimum Gasteiger partial charge on any atom is -0.478 e. The van der Waals surface area contributed by atoms with Gasteiger partial charge in [0.05, 0.1) is 11.3 Å². The van der Waals surface area contributed by atoms with Gasteiger partial charge in [0, 0.05) is 5.02 Å². The van der Waals surface area contributed by atoms with Crippen LogP contribution in [0, 0.1) is 0 Å². The van der Waals surface area contributed by atoms with E-state index >= 15 is 0 Å². The van der Waals surface area contributed by atoms with Gasteiger partial charge in [-0.1, -0.05) is 11.6 Å². The zero-order valence-electron chi connectivity index (χ0n) is 10.2. The van der Waals surface area contributed by atoms with Crippen molar-refractivity contribution >= 4 is 35.1 Å². The number of carbonyl (C=O) groups is 3. The van der Waals surface area contributed by atoms with E-state index in [-0.39, 0.29) is 16.3 Å². The molecule has 20 heavy (non-hydrogen) atoms. The molecule has 7 heteroatoms. The highest BCUT2D eigenvalue weighted by Gasteiger charge is 2.47. The summed E-state index contributed by atoms with van der Waals surface area (Å²) in [7, 11) is 0. The molecule has 2 aliphatic heterocycles. The van der Waals surface area contributed by atoms with Crippen LogP contribution in [-0.4, -0.2) is 35.1 Å². The number of nitrogens with zero attached hydrogens (tertiary/aromatic N) is 1. The summed E-state index contributed by atoms with van der Waals surface area (Å²) in [5, 5.41) is 9.44. The number of ether oxygens (including phenoxy) is 1. The van der Waals surface area contributed by atoms with E-state index in [0.717, 1.165) is 4.90 Å². The zero-order valence-corrected chi connectivity index (χ0v) is 11.0. The predicted octanol–water partition coefficient (Wildman–Crippen LogP) is 1.46. The molecule has 2 bridgehead atoms. The molecule has 2 heterocycles. The monoisotopic (exact) mass is 295 g/mol. The van der Waals surface area contributed by atoms with Crippen LogP contribution in [0.2, 0.25) is 5.02 Å². The Labute approximate surface area is 118 Å². The third-order valence-corrected chi connectivity index (χ3v) is 3.68. The number of amides is 2. The van der Waals surface area contributed by atoms with Crippen molar-refractivity contribution in [3.63, 3.8) is 0 Å². The molecule has 6 nitrogen and oxygen atoms in total. The molecule has 1 aromatic rings. The molecule has 1 aromatic carbocycles. The second kappa shape index (κ2) is 4.57. The Morgan fingerprint density at radius 2 is 1.85 bits per heavy atom. The molecular weight excluding hydrogens is 286 g/mol. The lowest BCUT2D eigenvalue weighted by atomic mass is 10.1. The van der Waals surface area contributed by atoms with Crippen LogP contribution in [0.15, 0.2) is 18.2 Å². The number of anilines is 1. The van der Waals surface area contributed by atoms with Gasteiger partial charge in [-0.05, 0) is 31.0 Å². The number of aromatic carboxylic acids is 1. The highest BCUT2D eigenvalue weighted by Crippen LogP contribution is 2.34. The maximum Gasteiger partial charge on any atom is 0.337 e. The number of hydrogen-bond donors (Lipinski definition) is 1. The van der Waals surface area contributed by atoms with E-state index in [0.29, 0.717) is 12.8 Å². The van der Waals surface area contributed by atoms with Crippen LogP contribution in [0.5, 0.6) is 0 Å². The Morgan fingerprint density at radius 1 is 1.25 bits per heavy atom. The van der Waals surface area contributed by atoms with Crippen LogP contribution >= 0.6 is 11.6 Å². The summed E-state index contributed by atoms with van der Waals surface area (Å²) in [5.41, 5.74) is -0.141. The minimum absolute atomic E-state index is 0.000185. The van der Waals surface area contributed by atoms with Gasteiger partial charge < -0.3 is 9.84 Å². The van der Waals surface area contributed by atoms with E-state index in [1.54, 1.807) is 0 Å². The SMILES string of the molecule is O=C(O)c1ccc(Cl)cc1N1C(=O)C2CCC(O2)C1=O. The quantitative estimate of drug-likeness (QED) is 0.835. The number of fused-ring (bicyclic) bond motifs is 2. The molecule has 2 saturated heterocycles. The number of benzene rings is 1. The van der Waals surface area contributed by atoms with Gasteiger partial charge in [0.15, 0.2) is 0 Å². The molecular formula is C13H10ClNO5. The molecule has 0 aromatic heterocycles. The Hall–Kier alpha value is -1.92. The van der Waals surface area contributed by atoms with Gasteiger partial charge in [-0.15, -0.1) is 0 Å². The average Bonchev–Trinajstić information content (AvgIpc) is 2.83. The van der Waals surface area contributed by atoms with Gasteiger partial charge >= 0.3 is 5.97 Å². The van der Waals surface area contributed by atoms with E-state index in [4.69, 9.17) is 16.3 Å². The maximum atomic E-state index is 12.2. The number of imide groups is 1. The second-order valence-corrected chi connectivity index (χ2v) is 5.11. The van der Waals surface area contributed by atoms with Crippen LogP contribution in [0.25, 0.3) is 0 Å². The number of rotatable bonds is 2. The molecule has 0 spiro atoms. The molecule has 2 aliphatic rings. The fourth-order valence-electron chi connectivity index (χ4n) is 2.51. The van der Waals surface area contributed by atoms with Crippen molar-refractivity contribution in [3.05, 3.63) is 28.8 Å². The van der Waals surface area contributed by atoms with Gasteiger partial charge in [0.1, 0.15) is 12.2 Å². The molecule has 2 unspecified atom stereocenters. The van der Waals surface area contributed by atoms with E-state index in [9.17, 15) is 19.5 Å². The van der Waals surface area contributed by atoms with Gasteiger partial charge in [0.2, 0.25) is 0 Å². The second-order valence-electron chi connectivity index (χ2n) is 4.67. The fraction of sp³-hybridized carbons (Fsp3) is 0.308. The van der Waals surface area contributed by atoms with Crippen molar-refractivity contribution in [1.29, 1.82) is 0 Å². The standard InChI is InChI=1S/C13H10ClNO5/c14-6-1-2-7(13(18)19)8(5-6)15-11(16)9-3-4-10(20-9)12(15)17/h1-2,5,9-10H,3-4H2,(H,18,19). The van der Waals surface area contributed by atoms with Crippen molar-refractivity contribution in [2.45, 2.75) is 25.0 Å². The van der Waals surface area contributed by atoms with Crippen molar-refractivity contribution in [2.75, 3.05) is 4.90 Å². The number of halogens is 1. The summed E-state index contributed by atoms with van der Waals surface area (Å²) in [6, 6.07) is 3.99. The van der Waals surface area contributed by atoms with Crippen LogP contribution in [0.3, 0.4) is 0 Å². The number of carboxylic acid groups (broad SMARTS) is 1. The Balaban J connectivity index is 2.12. The molecule has 104 valence electrons. The summed E-state index contributed by atoms with van der Waals surface area (Å²) in [6.45, 7) is 0. The number of carbonyl (C=O) groups excluding carboxylic acids is 2. The first kappa shape index (κ1) is 13.1. The lowest BCUT2D eigenvalue weighted by Gasteiger charge is -2.30. The molecule has 2 fully saturated rings. The minimum atomic E-state index is -1.23. The number of carboxylic acids is 1. The van der Waals surface area contributed by atoms with E-state index in [1.165, 1.54) is 18.2 Å². The Kier molecular flexibility index (Phi) is 2.99. The van der Waals surface area contributed by atoms with Gasteiger partial charge in [-0.25, -0.2) is 9.69 Å². The summed E-state index contributed by atoms with van der Waals surface area (Å²) < 4.78 is 5.28. The molecule has 0 aliphatic carbocycles. The number of morpholine rings is 1. The van der Waals surface area contributed by atoms with Crippen molar-refractivity contribution in [2.24, 2.45) is 0 Å². The summed E-state index contributed by atoms with van der Waals surface area (Å²) in [5.74, 6) is -2.29. The summed E-state index contributed by atoms with van der Waals surface area (Å²) in [6.07, 6.45) is -0.430. The fourth-order valence-corrected chi connectivity index (χ4v) is 2.67. The van der Waals surface area contributed by atoms with E-state index in [2.05, 4.69) is 0 Å². The van der Waals surface area contributed by atoms with Crippen LogP contribution < -0.4 is 4.90 Å². The topological polar surface area (TPSA) is 83.9 Å². The maximum absolute atomic E-state index is 12.2. The molecule has 0 saturated carbocycles. The Bertz CT molecular complexity index is 607. The first-order chi connectivity index (χ1) is 9.49. The molecule has 3 rings (SSSR count). The summed E-state index contributed by atoms with van der Waals surface area (Å²) >= 11 is 5.85. The van der Waals surface area contributed by atoms with Crippen molar-refractivity contribution in [3.8, 4) is 0 Å². The molecule has 0 radical (unpaired) electrons. The molecule has 2 atom stereocenters. The summed E-state index contributed by atoms with van der Waals surface area (Å²) in [4.78, 5) is 36.6. The predicted molar refractivity (Wildman–Crippen MR) is 68.8 cm³/mol. The third-order valence-electron chi connectivity index (χ3n) is 3.44. The van der Waals surface area contributed by atoms with Crippen molar-refractivity contribution < 1.29 is 24.2 Å². The van der Waals surface area contributed by atoms with Crippen LogP contribution in [-0.2, 0) is 14.3 Å². The Morgan fingerprint density at radius 3 is 2.40 bits per heavy atom. The third kappa shape index (κ3) is 1.88. The van der Waals surface area contributed by atoms with Gasteiger partial charge in [-0.3, -0.25) is 9.59 Å².